The highest BCUT2D eigenvalue weighted by molar-refractivity contribution is 7.89. The van der Waals surface area contributed by atoms with Crippen LogP contribution >= 0.6 is 0 Å². The molecule has 0 aromatic heterocycles. The fourth-order valence-electron chi connectivity index (χ4n) is 3.89. The first-order chi connectivity index (χ1) is 14.5. The molecule has 2 heterocycles. The molecule has 0 spiro atoms. The van der Waals surface area contributed by atoms with Gasteiger partial charge in [-0.25, -0.2) is 13.1 Å². The van der Waals surface area contributed by atoms with Gasteiger partial charge in [-0.3, -0.25) is 4.90 Å². The van der Waals surface area contributed by atoms with Crippen LogP contribution in [0.2, 0.25) is 0 Å². The summed E-state index contributed by atoms with van der Waals surface area (Å²) in [6.07, 6.45) is 2.20. The zero-order chi connectivity index (χ0) is 21.1. The van der Waals surface area contributed by atoms with Crippen molar-refractivity contribution in [1.82, 2.24) is 9.62 Å². The summed E-state index contributed by atoms with van der Waals surface area (Å²) in [6, 6.07) is 10.3. The van der Waals surface area contributed by atoms with Gasteiger partial charge in [0, 0.05) is 18.7 Å². The first-order valence-corrected chi connectivity index (χ1v) is 11.4. The number of likely N-dealkylation sites (tertiary alicyclic amines) is 1. The van der Waals surface area contributed by atoms with E-state index in [4.69, 9.17) is 18.9 Å². The van der Waals surface area contributed by atoms with Crippen molar-refractivity contribution in [2.24, 2.45) is 0 Å². The van der Waals surface area contributed by atoms with Gasteiger partial charge in [-0.1, -0.05) is 6.07 Å². The SMILES string of the molecule is COc1ccc(S(=O)(=O)NC[C@@H](c2ccc3c(c2)OCO3)N2CCCC2)cc1OC. The molecular weight excluding hydrogens is 408 g/mol. The normalized spacial score (nSPS) is 17.1. The van der Waals surface area contributed by atoms with Crippen molar-refractivity contribution < 1.29 is 27.4 Å². The summed E-state index contributed by atoms with van der Waals surface area (Å²) in [4.78, 5) is 2.43. The van der Waals surface area contributed by atoms with Gasteiger partial charge in [0.25, 0.3) is 0 Å². The van der Waals surface area contributed by atoms with E-state index in [1.54, 1.807) is 6.07 Å². The van der Waals surface area contributed by atoms with E-state index in [-0.39, 0.29) is 24.3 Å². The second kappa shape index (κ2) is 8.71. The van der Waals surface area contributed by atoms with E-state index in [1.807, 2.05) is 18.2 Å². The highest BCUT2D eigenvalue weighted by Crippen LogP contribution is 2.36. The molecule has 1 atom stereocenters. The Bertz CT molecular complexity index is 1000. The van der Waals surface area contributed by atoms with Crippen molar-refractivity contribution in [3.05, 3.63) is 42.0 Å². The maximum Gasteiger partial charge on any atom is 0.240 e. The van der Waals surface area contributed by atoms with Crippen LogP contribution in [0.3, 0.4) is 0 Å². The first-order valence-electron chi connectivity index (χ1n) is 9.87. The van der Waals surface area contributed by atoms with Crippen LogP contribution in [0.1, 0.15) is 24.4 Å². The first kappa shape index (κ1) is 20.8. The van der Waals surface area contributed by atoms with Gasteiger partial charge in [-0.2, -0.15) is 0 Å². The maximum atomic E-state index is 13.0. The van der Waals surface area contributed by atoms with Crippen LogP contribution in [0, 0.1) is 0 Å². The van der Waals surface area contributed by atoms with E-state index in [0.717, 1.165) is 31.5 Å². The van der Waals surface area contributed by atoms with Gasteiger partial charge in [-0.05, 0) is 55.8 Å². The summed E-state index contributed by atoms with van der Waals surface area (Å²) in [5.74, 6) is 2.25. The van der Waals surface area contributed by atoms with E-state index in [9.17, 15) is 8.42 Å². The number of ether oxygens (including phenoxy) is 4. The highest BCUT2D eigenvalue weighted by Gasteiger charge is 2.27. The predicted molar refractivity (Wildman–Crippen MR) is 111 cm³/mol. The molecule has 1 saturated heterocycles. The number of hydrogen-bond acceptors (Lipinski definition) is 7. The number of nitrogens with one attached hydrogen (secondary N) is 1. The van der Waals surface area contributed by atoms with Crippen molar-refractivity contribution in [3.63, 3.8) is 0 Å². The summed E-state index contributed by atoms with van der Waals surface area (Å²) in [6.45, 7) is 2.31. The van der Waals surface area contributed by atoms with Gasteiger partial charge in [-0.15, -0.1) is 0 Å². The van der Waals surface area contributed by atoms with Crippen molar-refractivity contribution >= 4 is 10.0 Å². The van der Waals surface area contributed by atoms with E-state index < -0.39 is 10.0 Å². The summed E-state index contributed by atoms with van der Waals surface area (Å²) in [7, 11) is -0.743. The molecule has 2 aliphatic heterocycles. The van der Waals surface area contributed by atoms with Crippen LogP contribution in [-0.4, -0.2) is 54.0 Å². The average molecular weight is 435 g/mol. The van der Waals surface area contributed by atoms with Crippen LogP contribution in [-0.2, 0) is 10.0 Å². The lowest BCUT2D eigenvalue weighted by Gasteiger charge is -2.28. The molecular formula is C21H26N2O6S. The number of hydrogen-bond donors (Lipinski definition) is 1. The Kier molecular flexibility index (Phi) is 6.03. The van der Waals surface area contributed by atoms with Crippen LogP contribution in [0.4, 0.5) is 0 Å². The number of benzene rings is 2. The summed E-state index contributed by atoms with van der Waals surface area (Å²) >= 11 is 0. The van der Waals surface area contributed by atoms with Crippen LogP contribution in [0.25, 0.3) is 0 Å². The van der Waals surface area contributed by atoms with Crippen LogP contribution in [0.5, 0.6) is 23.0 Å². The van der Waals surface area contributed by atoms with Gasteiger partial charge < -0.3 is 18.9 Å². The lowest BCUT2D eigenvalue weighted by Crippen LogP contribution is -2.36. The molecule has 1 N–H and O–H groups in total. The third-order valence-electron chi connectivity index (χ3n) is 5.49. The fourth-order valence-corrected chi connectivity index (χ4v) is 4.94. The maximum absolute atomic E-state index is 13.0. The molecule has 30 heavy (non-hydrogen) atoms. The third kappa shape index (κ3) is 4.19. The van der Waals surface area contributed by atoms with E-state index >= 15 is 0 Å². The molecule has 0 unspecified atom stereocenters. The standard InChI is InChI=1S/C21H26N2O6S/c1-26-18-8-6-16(12-20(18)27-2)30(24,25)22-13-17(23-9-3-4-10-23)15-5-7-19-21(11-15)29-14-28-19/h5-8,11-12,17,22H,3-4,9-10,13-14H2,1-2H3/t17-/m0/s1. The lowest BCUT2D eigenvalue weighted by atomic mass is 10.1. The molecule has 4 rings (SSSR count). The van der Waals surface area contributed by atoms with Gasteiger partial charge in [0.2, 0.25) is 16.8 Å². The molecule has 1 fully saturated rings. The minimum Gasteiger partial charge on any atom is -0.493 e. The average Bonchev–Trinajstić information content (AvgIpc) is 3.45. The Balaban J connectivity index is 1.56. The van der Waals surface area contributed by atoms with Crippen molar-refractivity contribution in [2.75, 3.05) is 40.6 Å². The molecule has 0 bridgehead atoms. The number of nitrogens with zero attached hydrogens (tertiary/aromatic N) is 1. The number of fused-ring (bicyclic) bond motifs is 1. The Morgan fingerprint density at radius 2 is 1.73 bits per heavy atom. The Hall–Kier alpha value is -2.49. The van der Waals surface area contributed by atoms with Gasteiger partial charge in [0.05, 0.1) is 19.1 Å². The Morgan fingerprint density at radius 3 is 2.47 bits per heavy atom. The molecule has 2 aromatic rings. The minimum absolute atomic E-state index is 0.100. The third-order valence-corrected chi connectivity index (χ3v) is 6.92. The Labute approximate surface area is 176 Å². The van der Waals surface area contributed by atoms with Gasteiger partial charge in [0.15, 0.2) is 23.0 Å². The molecule has 0 amide bonds. The monoisotopic (exact) mass is 434 g/mol. The van der Waals surface area contributed by atoms with Crippen LogP contribution < -0.4 is 23.7 Å². The predicted octanol–water partition coefficient (Wildman–Crippen LogP) is 2.55. The van der Waals surface area contributed by atoms with Gasteiger partial charge in [0.1, 0.15) is 0 Å². The number of rotatable bonds is 8. The second-order valence-corrected chi connectivity index (χ2v) is 9.01. The lowest BCUT2D eigenvalue weighted by molar-refractivity contribution is 0.173. The number of methoxy groups -OCH3 is 2. The van der Waals surface area contributed by atoms with Crippen molar-refractivity contribution in [1.29, 1.82) is 0 Å². The van der Waals surface area contributed by atoms with Crippen LogP contribution in [0.15, 0.2) is 41.3 Å². The summed E-state index contributed by atoms with van der Waals surface area (Å²) in [5, 5.41) is 0. The van der Waals surface area contributed by atoms with E-state index in [2.05, 4.69) is 9.62 Å². The van der Waals surface area contributed by atoms with E-state index in [0.29, 0.717) is 23.0 Å². The molecule has 8 nitrogen and oxygen atoms in total. The highest BCUT2D eigenvalue weighted by atomic mass is 32.2. The molecule has 2 aromatic carbocycles. The molecule has 0 saturated carbocycles. The Morgan fingerprint density at radius 1 is 1.00 bits per heavy atom. The molecule has 0 aliphatic carbocycles. The molecule has 2 aliphatic rings. The fraction of sp³-hybridized carbons (Fsp3) is 0.429. The number of sulfonamides is 1. The quantitative estimate of drug-likeness (QED) is 0.683. The smallest absolute Gasteiger partial charge is 0.240 e. The largest absolute Gasteiger partial charge is 0.493 e. The molecule has 162 valence electrons. The minimum atomic E-state index is -3.73. The van der Waals surface area contributed by atoms with Gasteiger partial charge >= 0.3 is 0 Å². The topological polar surface area (TPSA) is 86.3 Å². The summed E-state index contributed by atoms with van der Waals surface area (Å²) < 4.78 is 50.0. The zero-order valence-corrected chi connectivity index (χ0v) is 17.9. The van der Waals surface area contributed by atoms with Crippen molar-refractivity contribution in [2.45, 2.75) is 23.8 Å². The van der Waals surface area contributed by atoms with Crippen molar-refractivity contribution in [3.8, 4) is 23.0 Å². The summed E-state index contributed by atoms with van der Waals surface area (Å²) in [5.41, 5.74) is 0.996. The molecule has 9 heteroatoms. The zero-order valence-electron chi connectivity index (χ0n) is 17.1. The van der Waals surface area contributed by atoms with E-state index in [1.165, 1.54) is 26.4 Å². The second-order valence-electron chi connectivity index (χ2n) is 7.24. The molecule has 0 radical (unpaired) electrons.